The van der Waals surface area contributed by atoms with Gasteiger partial charge in [-0.15, -0.1) is 0 Å². The molecule has 0 aliphatic carbocycles. The number of nitrogens with zero attached hydrogens (tertiary/aromatic N) is 1. The molecular formula is C16H19N3O3. The summed E-state index contributed by atoms with van der Waals surface area (Å²) in [6.07, 6.45) is 0. The minimum Gasteiger partial charge on any atom is -0.491 e. The van der Waals surface area contributed by atoms with Crippen LogP contribution < -0.4 is 15.4 Å². The average molecular weight is 301 g/mol. The van der Waals surface area contributed by atoms with Gasteiger partial charge in [-0.2, -0.15) is 0 Å². The van der Waals surface area contributed by atoms with Gasteiger partial charge in [0, 0.05) is 17.8 Å². The van der Waals surface area contributed by atoms with Crippen molar-refractivity contribution in [1.82, 2.24) is 15.5 Å². The van der Waals surface area contributed by atoms with Gasteiger partial charge in [0.25, 0.3) is 5.91 Å². The maximum Gasteiger partial charge on any atom is 0.319 e. The van der Waals surface area contributed by atoms with E-state index in [0.29, 0.717) is 31.0 Å². The average Bonchev–Trinajstić information content (AvgIpc) is 2.68. The Morgan fingerprint density at radius 1 is 1.36 bits per heavy atom. The van der Waals surface area contributed by atoms with Crippen molar-refractivity contribution in [2.75, 3.05) is 13.2 Å². The molecule has 116 valence electrons. The maximum atomic E-state index is 12.9. The monoisotopic (exact) mass is 301 g/mol. The standard InChI is InChI=1S/C16H19N3O3/c1-10-14(11(2)18-16(21)17-10)15(20)19-7-8-22-13-6-4-3-5-12(13)9-19/h3-6,10H,7-9H2,1-2H3,(H2,17,18,21). The second kappa shape index (κ2) is 5.71. The lowest BCUT2D eigenvalue weighted by Crippen LogP contribution is -2.50. The molecule has 3 rings (SSSR count). The molecule has 0 saturated heterocycles. The maximum absolute atomic E-state index is 12.9. The SMILES string of the molecule is CC1=C(C(=O)N2CCOc3ccccc3C2)C(C)NC(=O)N1. The number of carbonyl (C=O) groups excluding carboxylic acids is 2. The number of ether oxygens (including phenoxy) is 1. The van der Waals surface area contributed by atoms with E-state index in [2.05, 4.69) is 10.6 Å². The quantitative estimate of drug-likeness (QED) is 0.823. The zero-order valence-electron chi connectivity index (χ0n) is 12.7. The van der Waals surface area contributed by atoms with Gasteiger partial charge in [0.05, 0.1) is 18.2 Å². The third-order valence-corrected chi connectivity index (χ3v) is 3.96. The fraction of sp³-hybridized carbons (Fsp3) is 0.375. The molecule has 2 aliphatic rings. The van der Waals surface area contributed by atoms with E-state index < -0.39 is 0 Å². The minimum absolute atomic E-state index is 0.0715. The van der Waals surface area contributed by atoms with Crippen LogP contribution in [0.15, 0.2) is 35.5 Å². The fourth-order valence-corrected chi connectivity index (χ4v) is 2.88. The molecule has 0 saturated carbocycles. The molecule has 0 aromatic heterocycles. The smallest absolute Gasteiger partial charge is 0.319 e. The van der Waals surface area contributed by atoms with Gasteiger partial charge in [0.15, 0.2) is 0 Å². The highest BCUT2D eigenvalue weighted by Crippen LogP contribution is 2.24. The van der Waals surface area contributed by atoms with E-state index in [9.17, 15) is 9.59 Å². The molecule has 0 bridgehead atoms. The van der Waals surface area contributed by atoms with Gasteiger partial charge < -0.3 is 20.3 Å². The van der Waals surface area contributed by atoms with Gasteiger partial charge in [0.1, 0.15) is 12.4 Å². The zero-order valence-corrected chi connectivity index (χ0v) is 12.7. The van der Waals surface area contributed by atoms with Crippen LogP contribution in [-0.4, -0.2) is 36.0 Å². The summed E-state index contributed by atoms with van der Waals surface area (Å²) < 4.78 is 5.69. The lowest BCUT2D eigenvalue weighted by atomic mass is 10.0. The Balaban J connectivity index is 1.86. The first kappa shape index (κ1) is 14.4. The molecule has 0 fully saturated rings. The predicted octanol–water partition coefficient (Wildman–Crippen LogP) is 1.38. The Morgan fingerprint density at radius 2 is 2.14 bits per heavy atom. The van der Waals surface area contributed by atoms with E-state index in [4.69, 9.17) is 4.74 Å². The van der Waals surface area contributed by atoms with Gasteiger partial charge in [-0.05, 0) is 19.9 Å². The van der Waals surface area contributed by atoms with Crippen molar-refractivity contribution in [2.24, 2.45) is 0 Å². The molecule has 1 unspecified atom stereocenters. The molecule has 1 atom stereocenters. The van der Waals surface area contributed by atoms with Crippen LogP contribution in [0.25, 0.3) is 0 Å². The van der Waals surface area contributed by atoms with E-state index >= 15 is 0 Å². The van der Waals surface area contributed by atoms with Crippen LogP contribution in [0.2, 0.25) is 0 Å². The van der Waals surface area contributed by atoms with Crippen LogP contribution >= 0.6 is 0 Å². The Labute approximate surface area is 129 Å². The molecule has 2 heterocycles. The van der Waals surface area contributed by atoms with Gasteiger partial charge in [-0.25, -0.2) is 4.79 Å². The number of hydrogen-bond donors (Lipinski definition) is 2. The number of benzene rings is 1. The minimum atomic E-state index is -0.305. The second-order valence-electron chi connectivity index (χ2n) is 5.54. The summed E-state index contributed by atoms with van der Waals surface area (Å²) >= 11 is 0. The summed E-state index contributed by atoms with van der Waals surface area (Å²) in [5, 5.41) is 5.39. The number of para-hydroxylation sites is 1. The molecule has 0 spiro atoms. The molecule has 6 heteroatoms. The molecule has 2 aliphatic heterocycles. The molecule has 6 nitrogen and oxygen atoms in total. The van der Waals surface area contributed by atoms with E-state index in [1.165, 1.54) is 0 Å². The molecule has 2 N–H and O–H groups in total. The highest BCUT2D eigenvalue weighted by atomic mass is 16.5. The van der Waals surface area contributed by atoms with Crippen molar-refractivity contribution in [3.05, 3.63) is 41.1 Å². The van der Waals surface area contributed by atoms with E-state index in [0.717, 1.165) is 11.3 Å². The largest absolute Gasteiger partial charge is 0.491 e. The van der Waals surface area contributed by atoms with Crippen LogP contribution in [0.4, 0.5) is 4.79 Å². The molecular weight excluding hydrogens is 282 g/mol. The topological polar surface area (TPSA) is 70.7 Å². The van der Waals surface area contributed by atoms with E-state index in [1.807, 2.05) is 31.2 Å². The van der Waals surface area contributed by atoms with Gasteiger partial charge in [0.2, 0.25) is 0 Å². The molecule has 22 heavy (non-hydrogen) atoms. The lowest BCUT2D eigenvalue weighted by molar-refractivity contribution is -0.128. The number of amides is 3. The summed E-state index contributed by atoms with van der Waals surface area (Å²) in [7, 11) is 0. The fourth-order valence-electron chi connectivity index (χ4n) is 2.88. The summed E-state index contributed by atoms with van der Waals surface area (Å²) in [5.74, 6) is 0.754. The number of carbonyl (C=O) groups is 2. The lowest BCUT2D eigenvalue weighted by Gasteiger charge is -2.29. The van der Waals surface area contributed by atoms with Crippen molar-refractivity contribution in [3.8, 4) is 5.75 Å². The Morgan fingerprint density at radius 3 is 2.91 bits per heavy atom. The predicted molar refractivity (Wildman–Crippen MR) is 81.2 cm³/mol. The number of allylic oxidation sites excluding steroid dienone is 1. The summed E-state index contributed by atoms with van der Waals surface area (Å²) in [6, 6.07) is 7.16. The zero-order chi connectivity index (χ0) is 15.7. The number of rotatable bonds is 1. The van der Waals surface area contributed by atoms with Crippen molar-refractivity contribution >= 4 is 11.9 Å². The van der Waals surface area contributed by atoms with Crippen LogP contribution in [0, 0.1) is 0 Å². The van der Waals surface area contributed by atoms with Crippen molar-refractivity contribution in [2.45, 2.75) is 26.4 Å². The number of fused-ring (bicyclic) bond motifs is 1. The number of nitrogens with one attached hydrogen (secondary N) is 2. The Bertz CT molecular complexity index is 654. The highest BCUT2D eigenvalue weighted by molar-refractivity contribution is 5.98. The first-order valence-corrected chi connectivity index (χ1v) is 7.34. The van der Waals surface area contributed by atoms with E-state index in [-0.39, 0.29) is 18.0 Å². The van der Waals surface area contributed by atoms with Gasteiger partial charge in [-0.1, -0.05) is 18.2 Å². The normalized spacial score (nSPS) is 21.3. The van der Waals surface area contributed by atoms with E-state index in [1.54, 1.807) is 11.8 Å². The first-order valence-electron chi connectivity index (χ1n) is 7.34. The van der Waals surface area contributed by atoms with Crippen molar-refractivity contribution < 1.29 is 14.3 Å². The third kappa shape index (κ3) is 2.64. The van der Waals surface area contributed by atoms with Gasteiger partial charge in [-0.3, -0.25) is 4.79 Å². The number of urea groups is 1. The second-order valence-corrected chi connectivity index (χ2v) is 5.54. The molecule has 1 aromatic carbocycles. The van der Waals surface area contributed by atoms with Crippen molar-refractivity contribution in [1.29, 1.82) is 0 Å². The molecule has 1 aromatic rings. The Hall–Kier alpha value is -2.50. The van der Waals surface area contributed by atoms with Crippen LogP contribution in [0.1, 0.15) is 19.4 Å². The summed E-state index contributed by atoms with van der Waals surface area (Å²) in [5.41, 5.74) is 2.20. The number of hydrogen-bond acceptors (Lipinski definition) is 3. The van der Waals surface area contributed by atoms with Gasteiger partial charge >= 0.3 is 6.03 Å². The van der Waals surface area contributed by atoms with Crippen LogP contribution in [0.5, 0.6) is 5.75 Å². The third-order valence-electron chi connectivity index (χ3n) is 3.96. The summed E-state index contributed by atoms with van der Waals surface area (Å²) in [4.78, 5) is 26.1. The molecule has 0 radical (unpaired) electrons. The van der Waals surface area contributed by atoms with Crippen molar-refractivity contribution in [3.63, 3.8) is 0 Å². The Kier molecular flexibility index (Phi) is 3.75. The molecule has 3 amide bonds. The van der Waals surface area contributed by atoms with Crippen LogP contribution in [-0.2, 0) is 11.3 Å². The van der Waals surface area contributed by atoms with Crippen LogP contribution in [0.3, 0.4) is 0 Å². The summed E-state index contributed by atoms with van der Waals surface area (Å²) in [6.45, 7) is 5.06. The highest BCUT2D eigenvalue weighted by Gasteiger charge is 2.30. The first-order chi connectivity index (χ1) is 10.6.